The maximum atomic E-state index is 6.21. The number of benzene rings is 1. The Morgan fingerprint density at radius 2 is 1.75 bits per heavy atom. The van der Waals surface area contributed by atoms with E-state index in [4.69, 9.17) is 15.0 Å². The van der Waals surface area contributed by atoms with Gasteiger partial charge in [0.2, 0.25) is 0 Å². The second-order valence-corrected chi connectivity index (χ2v) is 6.88. The molecule has 2 N–H and O–H groups in total. The third-order valence-corrected chi connectivity index (χ3v) is 4.86. The topological polar surface area (TPSA) is 47.7 Å². The fraction of sp³-hybridized carbons (Fsp3) is 0.600. The Bertz CT molecular complexity index is 541. The van der Waals surface area contributed by atoms with Crippen LogP contribution in [0.25, 0.3) is 0 Å². The van der Waals surface area contributed by atoms with Crippen LogP contribution in [0.4, 0.5) is 11.4 Å². The first kappa shape index (κ1) is 13.8. The summed E-state index contributed by atoms with van der Waals surface area (Å²) < 4.78 is 12.2. The minimum atomic E-state index is -0.335. The minimum Gasteiger partial charge on any atom is -0.399 e. The van der Waals surface area contributed by atoms with Gasteiger partial charge in [0.15, 0.2) is 0 Å². The Hall–Kier alpha value is -1.20. The number of nitrogen functional groups attached to an aromatic ring is 1. The van der Waals surface area contributed by atoms with E-state index in [2.05, 4.69) is 45.7 Å². The molecule has 3 rings (SSSR count). The van der Waals surface area contributed by atoms with Crippen LogP contribution < -0.4 is 16.1 Å². The van der Waals surface area contributed by atoms with Gasteiger partial charge < -0.3 is 19.9 Å². The van der Waals surface area contributed by atoms with Gasteiger partial charge in [-0.25, -0.2) is 0 Å². The van der Waals surface area contributed by atoms with E-state index in [1.54, 1.807) is 0 Å². The fourth-order valence-electron chi connectivity index (χ4n) is 2.92. The Labute approximate surface area is 121 Å². The highest BCUT2D eigenvalue weighted by molar-refractivity contribution is 6.62. The smallest absolute Gasteiger partial charge is 0.399 e. The molecule has 1 aromatic carbocycles. The van der Waals surface area contributed by atoms with Gasteiger partial charge in [0.1, 0.15) is 0 Å². The Morgan fingerprint density at radius 1 is 1.15 bits per heavy atom. The Morgan fingerprint density at radius 3 is 2.35 bits per heavy atom. The van der Waals surface area contributed by atoms with E-state index in [1.165, 1.54) is 5.56 Å². The van der Waals surface area contributed by atoms with E-state index >= 15 is 0 Å². The van der Waals surface area contributed by atoms with Crippen molar-refractivity contribution in [3.8, 4) is 0 Å². The first-order chi connectivity index (χ1) is 9.21. The zero-order valence-electron chi connectivity index (χ0n) is 13.0. The number of hydrogen-bond acceptors (Lipinski definition) is 4. The third-order valence-electron chi connectivity index (χ3n) is 4.86. The summed E-state index contributed by atoms with van der Waals surface area (Å²) >= 11 is 0. The summed E-state index contributed by atoms with van der Waals surface area (Å²) in [7, 11) is 1.75. The molecule has 2 aliphatic rings. The molecule has 5 heteroatoms. The van der Waals surface area contributed by atoms with Crippen molar-refractivity contribution in [3.05, 3.63) is 17.7 Å². The van der Waals surface area contributed by atoms with Gasteiger partial charge in [-0.2, -0.15) is 0 Å². The second-order valence-electron chi connectivity index (χ2n) is 6.88. The summed E-state index contributed by atoms with van der Waals surface area (Å²) in [6.07, 6.45) is 1.03. The summed E-state index contributed by atoms with van der Waals surface area (Å²) in [4.78, 5) is 2.21. The summed E-state index contributed by atoms with van der Waals surface area (Å²) in [5.41, 5.74) is 9.86. The van der Waals surface area contributed by atoms with Crippen LogP contribution in [0.2, 0.25) is 0 Å². The first-order valence-electron chi connectivity index (χ1n) is 7.20. The predicted molar refractivity (Wildman–Crippen MR) is 83.5 cm³/mol. The van der Waals surface area contributed by atoms with Crippen molar-refractivity contribution < 1.29 is 9.31 Å². The van der Waals surface area contributed by atoms with Crippen molar-refractivity contribution >= 4 is 24.0 Å². The monoisotopic (exact) mass is 274 g/mol. The highest BCUT2D eigenvalue weighted by Gasteiger charge is 2.51. The number of anilines is 2. The van der Waals surface area contributed by atoms with Gasteiger partial charge in [-0.15, -0.1) is 0 Å². The molecule has 0 radical (unpaired) electrons. The van der Waals surface area contributed by atoms with Gasteiger partial charge >= 0.3 is 7.12 Å². The van der Waals surface area contributed by atoms with Gasteiger partial charge in [0, 0.05) is 13.6 Å². The summed E-state index contributed by atoms with van der Waals surface area (Å²) in [6, 6.07) is 4.17. The van der Waals surface area contributed by atoms with Crippen molar-refractivity contribution in [2.45, 2.75) is 45.3 Å². The quantitative estimate of drug-likeness (QED) is 0.623. The average molecular weight is 274 g/mol. The van der Waals surface area contributed by atoms with Gasteiger partial charge in [0.05, 0.1) is 22.6 Å². The number of nitrogens with two attached hydrogens (primary N) is 1. The zero-order valence-corrected chi connectivity index (χ0v) is 13.0. The van der Waals surface area contributed by atoms with Crippen LogP contribution in [0.3, 0.4) is 0 Å². The van der Waals surface area contributed by atoms with Crippen LogP contribution >= 0.6 is 0 Å². The van der Waals surface area contributed by atoms with Gasteiger partial charge in [-0.3, -0.25) is 0 Å². The average Bonchev–Trinajstić information content (AvgIpc) is 2.78. The molecule has 1 aromatic rings. The van der Waals surface area contributed by atoms with Crippen LogP contribution in [0.1, 0.15) is 33.3 Å². The predicted octanol–water partition coefficient (Wildman–Crippen LogP) is 1.56. The standard InChI is InChI=1S/C15H23BN2O2/c1-14(2)15(3,4)20-16(19-14)11-8-10-6-7-18(5)13(10)12(17)9-11/h8-9H,6-7,17H2,1-5H3. The van der Waals surface area contributed by atoms with E-state index in [0.29, 0.717) is 0 Å². The molecule has 0 spiro atoms. The number of hydrogen-bond donors (Lipinski definition) is 1. The number of rotatable bonds is 1. The normalized spacial score (nSPS) is 23.2. The van der Waals surface area contributed by atoms with Crippen molar-refractivity contribution in [3.63, 3.8) is 0 Å². The Balaban J connectivity index is 1.96. The van der Waals surface area contributed by atoms with E-state index in [-0.39, 0.29) is 18.3 Å². The molecule has 0 unspecified atom stereocenters. The minimum absolute atomic E-state index is 0.317. The maximum absolute atomic E-state index is 6.21. The molecule has 0 amide bonds. The lowest BCUT2D eigenvalue weighted by atomic mass is 9.77. The third kappa shape index (κ3) is 1.92. The molecule has 1 saturated heterocycles. The maximum Gasteiger partial charge on any atom is 0.494 e. The van der Waals surface area contributed by atoms with Crippen molar-refractivity contribution in [2.75, 3.05) is 24.2 Å². The molecular formula is C15H23BN2O2. The lowest BCUT2D eigenvalue weighted by Gasteiger charge is -2.32. The van der Waals surface area contributed by atoms with Gasteiger partial charge in [0.25, 0.3) is 0 Å². The van der Waals surface area contributed by atoms with E-state index < -0.39 is 0 Å². The number of nitrogens with zero attached hydrogens (tertiary/aromatic N) is 1. The van der Waals surface area contributed by atoms with Crippen molar-refractivity contribution in [2.24, 2.45) is 0 Å². The summed E-state index contributed by atoms with van der Waals surface area (Å²) in [6.45, 7) is 9.29. The fourth-order valence-corrected chi connectivity index (χ4v) is 2.92. The van der Waals surface area contributed by atoms with E-state index in [0.717, 1.165) is 29.8 Å². The molecule has 0 saturated carbocycles. The van der Waals surface area contributed by atoms with E-state index in [1.807, 2.05) is 6.07 Å². The van der Waals surface area contributed by atoms with Crippen LogP contribution in [0.15, 0.2) is 12.1 Å². The lowest BCUT2D eigenvalue weighted by molar-refractivity contribution is 0.00578. The molecule has 0 aromatic heterocycles. The van der Waals surface area contributed by atoms with Gasteiger partial charge in [-0.1, -0.05) is 6.07 Å². The number of likely N-dealkylation sites (N-methyl/N-ethyl adjacent to an activating group) is 1. The molecule has 0 atom stereocenters. The van der Waals surface area contributed by atoms with Crippen LogP contribution in [-0.4, -0.2) is 31.9 Å². The lowest BCUT2D eigenvalue weighted by Crippen LogP contribution is -2.41. The van der Waals surface area contributed by atoms with Gasteiger partial charge in [-0.05, 0) is 51.2 Å². The highest BCUT2D eigenvalue weighted by Crippen LogP contribution is 2.38. The SMILES string of the molecule is CN1CCc2cc(B3OC(C)(C)C(C)(C)O3)cc(N)c21. The Kier molecular flexibility index (Phi) is 2.86. The van der Waals surface area contributed by atoms with Crippen LogP contribution in [-0.2, 0) is 15.7 Å². The number of fused-ring (bicyclic) bond motifs is 1. The first-order valence-corrected chi connectivity index (χ1v) is 7.20. The summed E-state index contributed by atoms with van der Waals surface area (Å²) in [5, 5.41) is 0. The molecule has 108 valence electrons. The molecule has 2 aliphatic heterocycles. The summed E-state index contributed by atoms with van der Waals surface area (Å²) in [5.74, 6) is 0. The highest BCUT2D eigenvalue weighted by atomic mass is 16.7. The molecule has 4 nitrogen and oxygen atoms in total. The molecular weight excluding hydrogens is 251 g/mol. The largest absolute Gasteiger partial charge is 0.494 e. The molecule has 0 aliphatic carbocycles. The van der Waals surface area contributed by atoms with E-state index in [9.17, 15) is 0 Å². The molecule has 0 bridgehead atoms. The van der Waals surface area contributed by atoms with Crippen molar-refractivity contribution in [1.82, 2.24) is 0 Å². The second kappa shape index (κ2) is 4.15. The molecule has 2 heterocycles. The zero-order chi connectivity index (χ0) is 14.7. The van der Waals surface area contributed by atoms with Crippen molar-refractivity contribution in [1.29, 1.82) is 0 Å². The molecule has 1 fully saturated rings. The van der Waals surface area contributed by atoms with Crippen LogP contribution in [0, 0.1) is 0 Å². The van der Waals surface area contributed by atoms with Crippen LogP contribution in [0.5, 0.6) is 0 Å². The molecule has 20 heavy (non-hydrogen) atoms.